The van der Waals surface area contributed by atoms with Crippen LogP contribution in [-0.2, 0) is 14.2 Å². The first-order chi connectivity index (χ1) is 19.5. The molecule has 17 nitrogen and oxygen atoms in total. The third-order valence-corrected chi connectivity index (χ3v) is 8.28. The Bertz CT molecular complexity index is 773. The second-order valence-electron chi connectivity index (χ2n) is 11.3. The van der Waals surface area contributed by atoms with Gasteiger partial charge in [-0.2, -0.15) is 0 Å². The molecular formula is C24H49N5O12. The molecule has 0 aromatic rings. The lowest BCUT2D eigenvalue weighted by molar-refractivity contribution is -0.307. The first-order valence-electron chi connectivity index (χ1n) is 14.0. The van der Waals surface area contributed by atoms with Crippen LogP contribution in [-0.4, -0.2) is 177 Å². The van der Waals surface area contributed by atoms with Gasteiger partial charge < -0.3 is 88.0 Å². The standard InChI is InChI=1S/C24H49N5O12/c25-11-1-13(29-9(5-30)6-31)23(41-24-21(38)18(27)19(36)16(8-33)40-24)20(37)17(11)22-12(26)2-14(35)15(39-22)4-28-3-10(34)7-32/h9-24,28-38H,1-8,25-27H2. The summed E-state index contributed by atoms with van der Waals surface area (Å²) < 4.78 is 17.8. The second kappa shape index (κ2) is 15.9. The van der Waals surface area contributed by atoms with Gasteiger partial charge in [0.05, 0.1) is 69.0 Å². The summed E-state index contributed by atoms with van der Waals surface area (Å²) in [4.78, 5) is 0. The van der Waals surface area contributed by atoms with Gasteiger partial charge >= 0.3 is 0 Å². The molecule has 0 radical (unpaired) electrons. The van der Waals surface area contributed by atoms with Crippen molar-refractivity contribution < 1.29 is 60.2 Å². The summed E-state index contributed by atoms with van der Waals surface area (Å²) in [6.07, 6.45) is -11.5. The van der Waals surface area contributed by atoms with Crippen LogP contribution in [0.5, 0.6) is 0 Å². The Morgan fingerprint density at radius 1 is 0.829 bits per heavy atom. The predicted molar refractivity (Wildman–Crippen MR) is 141 cm³/mol. The number of nitrogens with one attached hydrogen (secondary N) is 2. The van der Waals surface area contributed by atoms with Gasteiger partial charge in [-0.3, -0.25) is 0 Å². The van der Waals surface area contributed by atoms with E-state index in [2.05, 4.69) is 10.6 Å². The molecule has 1 saturated carbocycles. The van der Waals surface area contributed by atoms with Crippen LogP contribution in [0.1, 0.15) is 12.8 Å². The lowest BCUT2D eigenvalue weighted by Crippen LogP contribution is -2.70. The van der Waals surface area contributed by atoms with Crippen LogP contribution in [0.25, 0.3) is 0 Å². The Morgan fingerprint density at radius 3 is 2.12 bits per heavy atom. The average molecular weight is 600 g/mol. The number of rotatable bonds is 13. The molecule has 17 N–H and O–H groups in total. The van der Waals surface area contributed by atoms with E-state index in [1.807, 2.05) is 0 Å². The van der Waals surface area contributed by atoms with Crippen LogP contribution >= 0.6 is 0 Å². The van der Waals surface area contributed by atoms with E-state index in [0.29, 0.717) is 0 Å². The highest BCUT2D eigenvalue weighted by molar-refractivity contribution is 5.06. The summed E-state index contributed by atoms with van der Waals surface area (Å²) in [7, 11) is 0. The maximum absolute atomic E-state index is 11.7. The zero-order valence-corrected chi connectivity index (χ0v) is 22.9. The van der Waals surface area contributed by atoms with E-state index >= 15 is 0 Å². The molecule has 41 heavy (non-hydrogen) atoms. The molecule has 3 fully saturated rings. The van der Waals surface area contributed by atoms with Gasteiger partial charge in [0.25, 0.3) is 0 Å². The number of aliphatic hydroxyl groups is 9. The summed E-state index contributed by atoms with van der Waals surface area (Å²) in [5, 5.41) is 96.6. The number of ether oxygens (including phenoxy) is 3. The molecule has 1 aliphatic carbocycles. The van der Waals surface area contributed by atoms with E-state index in [1.54, 1.807) is 0 Å². The molecule has 15 unspecified atom stereocenters. The van der Waals surface area contributed by atoms with Crippen LogP contribution in [0, 0.1) is 5.92 Å². The van der Waals surface area contributed by atoms with Crippen molar-refractivity contribution in [3.05, 3.63) is 0 Å². The minimum absolute atomic E-state index is 0.0564. The largest absolute Gasteiger partial charge is 0.395 e. The zero-order valence-electron chi connectivity index (χ0n) is 22.9. The van der Waals surface area contributed by atoms with Gasteiger partial charge in [-0.1, -0.05) is 0 Å². The predicted octanol–water partition coefficient (Wildman–Crippen LogP) is -8.05. The first-order valence-corrected chi connectivity index (χ1v) is 14.0. The molecule has 2 heterocycles. The number of hydrogen-bond acceptors (Lipinski definition) is 17. The van der Waals surface area contributed by atoms with E-state index < -0.39 is 124 Å². The van der Waals surface area contributed by atoms with Crippen LogP contribution in [0.2, 0.25) is 0 Å². The van der Waals surface area contributed by atoms with Crippen molar-refractivity contribution in [2.45, 2.75) is 104 Å². The van der Waals surface area contributed by atoms with Gasteiger partial charge in [-0.15, -0.1) is 0 Å². The fraction of sp³-hybridized carbons (Fsp3) is 1.00. The Kier molecular flexibility index (Phi) is 13.5. The lowest BCUT2D eigenvalue weighted by atomic mass is 9.72. The van der Waals surface area contributed by atoms with Crippen molar-refractivity contribution in [1.82, 2.24) is 10.6 Å². The van der Waals surface area contributed by atoms with E-state index in [0.717, 1.165) is 0 Å². The lowest BCUT2D eigenvalue weighted by Gasteiger charge is -2.52. The Balaban J connectivity index is 1.83. The summed E-state index contributed by atoms with van der Waals surface area (Å²) >= 11 is 0. The van der Waals surface area contributed by atoms with Crippen LogP contribution in [0.4, 0.5) is 0 Å². The van der Waals surface area contributed by atoms with E-state index in [-0.39, 0.29) is 25.9 Å². The van der Waals surface area contributed by atoms with Gasteiger partial charge in [0, 0.05) is 37.1 Å². The summed E-state index contributed by atoms with van der Waals surface area (Å²) in [6.45, 7) is -1.75. The maximum Gasteiger partial charge on any atom is 0.186 e. The van der Waals surface area contributed by atoms with Gasteiger partial charge in [0.15, 0.2) is 6.29 Å². The smallest absolute Gasteiger partial charge is 0.186 e. The van der Waals surface area contributed by atoms with Crippen molar-refractivity contribution in [3.63, 3.8) is 0 Å². The van der Waals surface area contributed by atoms with Gasteiger partial charge in [0.2, 0.25) is 0 Å². The average Bonchev–Trinajstić information content (AvgIpc) is 2.95. The van der Waals surface area contributed by atoms with Crippen molar-refractivity contribution in [2.75, 3.05) is 39.5 Å². The van der Waals surface area contributed by atoms with Crippen molar-refractivity contribution >= 4 is 0 Å². The molecule has 2 aliphatic heterocycles. The maximum atomic E-state index is 11.7. The molecule has 0 aromatic heterocycles. The summed E-state index contributed by atoms with van der Waals surface area (Å²) in [5.74, 6) is -0.846. The zero-order chi connectivity index (χ0) is 30.4. The third-order valence-electron chi connectivity index (χ3n) is 8.28. The molecule has 3 aliphatic rings. The Hall–Kier alpha value is -0.680. The third kappa shape index (κ3) is 8.28. The SMILES string of the molecule is NC1CC(O)C(CNCC(O)CO)OC1C1C(N)CC(NC(CO)CO)C(OC2OC(CO)C(O)C(N)C2O)C1O. The van der Waals surface area contributed by atoms with Gasteiger partial charge in [-0.05, 0) is 12.8 Å². The first kappa shape index (κ1) is 34.8. The van der Waals surface area contributed by atoms with Crippen molar-refractivity contribution in [3.8, 4) is 0 Å². The highest BCUT2D eigenvalue weighted by atomic mass is 16.7. The molecule has 2 saturated heterocycles. The van der Waals surface area contributed by atoms with Crippen LogP contribution in [0.15, 0.2) is 0 Å². The number of aliphatic hydroxyl groups excluding tert-OH is 9. The minimum atomic E-state index is -1.53. The topological polar surface area (TPSA) is 312 Å². The molecule has 0 aromatic carbocycles. The molecular weight excluding hydrogens is 550 g/mol. The van der Waals surface area contributed by atoms with Crippen molar-refractivity contribution in [2.24, 2.45) is 23.1 Å². The second-order valence-corrected chi connectivity index (χ2v) is 11.3. The monoisotopic (exact) mass is 599 g/mol. The minimum Gasteiger partial charge on any atom is -0.395 e. The molecule has 3 rings (SSSR count). The highest BCUT2D eigenvalue weighted by Crippen LogP contribution is 2.36. The van der Waals surface area contributed by atoms with Crippen LogP contribution in [0.3, 0.4) is 0 Å². The molecule has 15 atom stereocenters. The van der Waals surface area contributed by atoms with E-state index in [4.69, 9.17) is 36.5 Å². The van der Waals surface area contributed by atoms with Crippen LogP contribution < -0.4 is 27.8 Å². The van der Waals surface area contributed by atoms with E-state index in [1.165, 1.54) is 0 Å². The quantitative estimate of drug-likeness (QED) is 0.0934. The Labute approximate surface area is 238 Å². The summed E-state index contributed by atoms with van der Waals surface area (Å²) in [5.41, 5.74) is 18.8. The normalized spacial score (nSPS) is 44.7. The number of hydrogen-bond donors (Lipinski definition) is 14. The molecule has 0 amide bonds. The molecule has 0 bridgehead atoms. The van der Waals surface area contributed by atoms with Gasteiger partial charge in [-0.25, -0.2) is 0 Å². The van der Waals surface area contributed by atoms with E-state index in [9.17, 15) is 40.9 Å². The molecule has 17 heteroatoms. The number of nitrogens with two attached hydrogens (primary N) is 3. The fourth-order valence-corrected chi connectivity index (χ4v) is 5.90. The highest BCUT2D eigenvalue weighted by Gasteiger charge is 2.53. The fourth-order valence-electron chi connectivity index (χ4n) is 5.90. The van der Waals surface area contributed by atoms with Crippen molar-refractivity contribution in [1.29, 1.82) is 0 Å². The molecule has 0 spiro atoms. The molecule has 242 valence electrons. The summed E-state index contributed by atoms with van der Waals surface area (Å²) in [6, 6.07) is -4.26. The Morgan fingerprint density at radius 2 is 1.51 bits per heavy atom. The van der Waals surface area contributed by atoms with Gasteiger partial charge in [0.1, 0.15) is 24.4 Å².